The Morgan fingerprint density at radius 1 is 1.33 bits per heavy atom. The topological polar surface area (TPSA) is 35.9 Å². The SMILES string of the molecule is CC1=N[C@@H](C)C(C)=C2CN(C)C(=O)CN12. The van der Waals surface area contributed by atoms with Gasteiger partial charge in [0.2, 0.25) is 5.91 Å². The third-order valence-electron chi connectivity index (χ3n) is 3.28. The van der Waals surface area contributed by atoms with Crippen LogP contribution in [0.1, 0.15) is 20.8 Å². The molecule has 2 heterocycles. The number of piperazine rings is 1. The van der Waals surface area contributed by atoms with Crippen LogP contribution in [0, 0.1) is 0 Å². The van der Waals surface area contributed by atoms with E-state index in [1.165, 1.54) is 11.3 Å². The molecule has 1 amide bonds. The summed E-state index contributed by atoms with van der Waals surface area (Å²) in [6.07, 6.45) is 0. The molecule has 0 radical (unpaired) electrons. The van der Waals surface area contributed by atoms with E-state index in [2.05, 4.69) is 18.8 Å². The average Bonchev–Trinajstić information content (AvgIpc) is 2.18. The molecule has 0 N–H and O–H groups in total. The first kappa shape index (κ1) is 10.2. The molecule has 0 aromatic heterocycles. The molecule has 15 heavy (non-hydrogen) atoms. The maximum atomic E-state index is 11.6. The smallest absolute Gasteiger partial charge is 0.242 e. The van der Waals surface area contributed by atoms with E-state index >= 15 is 0 Å². The van der Waals surface area contributed by atoms with Gasteiger partial charge < -0.3 is 9.80 Å². The average molecular weight is 207 g/mol. The van der Waals surface area contributed by atoms with Gasteiger partial charge in [0.15, 0.2) is 0 Å². The summed E-state index contributed by atoms with van der Waals surface area (Å²) in [6, 6.07) is 0.248. The highest BCUT2D eigenvalue weighted by Gasteiger charge is 2.31. The van der Waals surface area contributed by atoms with Gasteiger partial charge in [-0.25, -0.2) is 0 Å². The van der Waals surface area contributed by atoms with Crippen LogP contribution in [0.4, 0.5) is 0 Å². The molecule has 0 unspecified atom stereocenters. The number of carbonyl (C=O) groups excluding carboxylic acids is 1. The van der Waals surface area contributed by atoms with Gasteiger partial charge in [-0.2, -0.15) is 0 Å². The lowest BCUT2D eigenvalue weighted by Gasteiger charge is -2.40. The molecule has 0 aliphatic carbocycles. The fourth-order valence-corrected chi connectivity index (χ4v) is 2.08. The minimum Gasteiger partial charge on any atom is -0.338 e. The number of hydrogen-bond acceptors (Lipinski definition) is 3. The van der Waals surface area contributed by atoms with Crippen LogP contribution in [-0.2, 0) is 4.79 Å². The summed E-state index contributed by atoms with van der Waals surface area (Å²) in [5, 5.41) is 0. The van der Waals surface area contributed by atoms with E-state index in [4.69, 9.17) is 0 Å². The van der Waals surface area contributed by atoms with Crippen LogP contribution in [0.25, 0.3) is 0 Å². The minimum absolute atomic E-state index is 0.163. The van der Waals surface area contributed by atoms with Crippen LogP contribution in [0.15, 0.2) is 16.3 Å². The zero-order chi connectivity index (χ0) is 11.2. The highest BCUT2D eigenvalue weighted by atomic mass is 16.2. The van der Waals surface area contributed by atoms with Gasteiger partial charge in [-0.15, -0.1) is 0 Å². The van der Waals surface area contributed by atoms with Gasteiger partial charge in [-0.1, -0.05) is 0 Å². The highest BCUT2D eigenvalue weighted by molar-refractivity contribution is 5.90. The molecule has 0 aromatic carbocycles. The van der Waals surface area contributed by atoms with Crippen molar-refractivity contribution in [3.8, 4) is 0 Å². The number of nitrogens with zero attached hydrogens (tertiary/aromatic N) is 3. The number of rotatable bonds is 0. The van der Waals surface area contributed by atoms with E-state index in [0.717, 1.165) is 5.84 Å². The Bertz CT molecular complexity index is 370. The molecule has 2 rings (SSSR count). The van der Waals surface area contributed by atoms with Gasteiger partial charge in [0, 0.05) is 12.7 Å². The molecule has 4 nitrogen and oxygen atoms in total. The predicted octanol–water partition coefficient (Wildman–Crippen LogP) is 0.855. The van der Waals surface area contributed by atoms with Crippen LogP contribution in [0.5, 0.6) is 0 Å². The van der Waals surface area contributed by atoms with Crippen molar-refractivity contribution in [3.63, 3.8) is 0 Å². The summed E-state index contributed by atoms with van der Waals surface area (Å²) in [4.78, 5) is 19.9. The van der Waals surface area contributed by atoms with Gasteiger partial charge in [0.25, 0.3) is 0 Å². The Hall–Kier alpha value is -1.32. The van der Waals surface area contributed by atoms with E-state index in [-0.39, 0.29) is 11.9 Å². The second-order valence-corrected chi connectivity index (χ2v) is 4.32. The summed E-state index contributed by atoms with van der Waals surface area (Å²) >= 11 is 0. The summed E-state index contributed by atoms with van der Waals surface area (Å²) < 4.78 is 0. The predicted molar refractivity (Wildman–Crippen MR) is 59.6 cm³/mol. The van der Waals surface area contributed by atoms with Crippen molar-refractivity contribution in [2.45, 2.75) is 26.8 Å². The number of likely N-dealkylation sites (N-methyl/N-ethyl adjacent to an activating group) is 1. The molecular formula is C11H17N3O. The molecule has 0 saturated carbocycles. The van der Waals surface area contributed by atoms with E-state index in [1.54, 1.807) is 4.90 Å². The zero-order valence-corrected chi connectivity index (χ0v) is 9.74. The van der Waals surface area contributed by atoms with Crippen LogP contribution < -0.4 is 0 Å². The molecule has 82 valence electrons. The van der Waals surface area contributed by atoms with Gasteiger partial charge in [-0.3, -0.25) is 9.79 Å². The quantitative estimate of drug-likeness (QED) is 0.590. The first-order valence-electron chi connectivity index (χ1n) is 5.26. The number of fused-ring (bicyclic) bond motifs is 1. The van der Waals surface area contributed by atoms with Gasteiger partial charge in [0.1, 0.15) is 12.4 Å². The highest BCUT2D eigenvalue weighted by Crippen LogP contribution is 2.25. The van der Waals surface area contributed by atoms with E-state index in [9.17, 15) is 4.79 Å². The lowest BCUT2D eigenvalue weighted by Crippen LogP contribution is -2.51. The molecule has 1 saturated heterocycles. The third-order valence-corrected chi connectivity index (χ3v) is 3.28. The molecule has 2 aliphatic heterocycles. The third kappa shape index (κ3) is 1.54. The normalized spacial score (nSPS) is 26.8. The van der Waals surface area contributed by atoms with Crippen molar-refractivity contribution < 1.29 is 4.79 Å². The zero-order valence-electron chi connectivity index (χ0n) is 9.74. The summed E-state index contributed by atoms with van der Waals surface area (Å²) in [5.74, 6) is 1.13. The lowest BCUT2D eigenvalue weighted by molar-refractivity contribution is -0.131. The molecule has 0 bridgehead atoms. The fraction of sp³-hybridized carbons (Fsp3) is 0.636. The second-order valence-electron chi connectivity index (χ2n) is 4.32. The molecule has 1 fully saturated rings. The monoisotopic (exact) mass is 207 g/mol. The Balaban J connectivity index is 2.37. The van der Waals surface area contributed by atoms with Gasteiger partial charge in [-0.05, 0) is 26.3 Å². The van der Waals surface area contributed by atoms with Gasteiger partial charge >= 0.3 is 0 Å². The number of hydrogen-bond donors (Lipinski definition) is 0. The molecule has 4 heteroatoms. The second kappa shape index (κ2) is 3.36. The number of carbonyl (C=O) groups is 1. The molecule has 0 spiro atoms. The van der Waals surface area contributed by atoms with Gasteiger partial charge in [0.05, 0.1) is 12.6 Å². The molecule has 1 atom stereocenters. The number of amidine groups is 1. The van der Waals surface area contributed by atoms with E-state index < -0.39 is 0 Å². The largest absolute Gasteiger partial charge is 0.338 e. The lowest BCUT2D eigenvalue weighted by atomic mass is 10.0. The van der Waals surface area contributed by atoms with Crippen LogP contribution in [0.2, 0.25) is 0 Å². The van der Waals surface area contributed by atoms with E-state index in [0.29, 0.717) is 13.1 Å². The number of amides is 1. The summed E-state index contributed by atoms with van der Waals surface area (Å²) in [7, 11) is 1.85. The summed E-state index contributed by atoms with van der Waals surface area (Å²) in [6.45, 7) is 7.32. The Morgan fingerprint density at radius 2 is 2.00 bits per heavy atom. The fourth-order valence-electron chi connectivity index (χ4n) is 2.08. The maximum absolute atomic E-state index is 11.6. The van der Waals surface area contributed by atoms with Crippen molar-refractivity contribution in [3.05, 3.63) is 11.3 Å². The standard InChI is InChI=1S/C11H17N3O/c1-7-8(2)12-9(3)14-6-11(15)13(4)5-10(7)14/h8H,5-6H2,1-4H3/t8-/m0/s1. The van der Waals surface area contributed by atoms with Crippen molar-refractivity contribution in [1.82, 2.24) is 9.80 Å². The first-order chi connectivity index (χ1) is 7.00. The minimum atomic E-state index is 0.163. The molecule has 2 aliphatic rings. The van der Waals surface area contributed by atoms with Crippen LogP contribution in [-0.4, -0.2) is 47.7 Å². The van der Waals surface area contributed by atoms with Crippen molar-refractivity contribution in [2.75, 3.05) is 20.1 Å². The first-order valence-corrected chi connectivity index (χ1v) is 5.26. The number of aliphatic imine (C=N–C) groups is 1. The van der Waals surface area contributed by atoms with Crippen LogP contribution >= 0.6 is 0 Å². The van der Waals surface area contributed by atoms with Crippen molar-refractivity contribution >= 4 is 11.7 Å². The Morgan fingerprint density at radius 3 is 2.67 bits per heavy atom. The Labute approximate surface area is 90.3 Å². The molecule has 0 aromatic rings. The van der Waals surface area contributed by atoms with E-state index in [1.807, 2.05) is 18.9 Å². The maximum Gasteiger partial charge on any atom is 0.242 e. The molecular weight excluding hydrogens is 190 g/mol. The Kier molecular flexibility index (Phi) is 2.29. The van der Waals surface area contributed by atoms with Crippen molar-refractivity contribution in [2.24, 2.45) is 4.99 Å². The summed E-state index contributed by atoms with van der Waals surface area (Å²) in [5.41, 5.74) is 2.53. The van der Waals surface area contributed by atoms with Crippen molar-refractivity contribution in [1.29, 1.82) is 0 Å². The van der Waals surface area contributed by atoms with Crippen LogP contribution in [0.3, 0.4) is 0 Å².